The maximum Gasteiger partial charge on any atom is 0.228 e. The van der Waals surface area contributed by atoms with Crippen LogP contribution in [0.5, 0.6) is 0 Å². The molecular formula is C8H3Cl4NO. The molecule has 0 fully saturated rings. The quantitative estimate of drug-likeness (QED) is 0.564. The smallest absolute Gasteiger partial charge is 0.228 e. The van der Waals surface area contributed by atoms with E-state index in [-0.39, 0.29) is 32.4 Å². The lowest BCUT2D eigenvalue weighted by Gasteiger charge is -2.08. The third kappa shape index (κ3) is 1.38. The standard InChI is InChI=1S/C8H3Cl4NO/c9-4-2-1-3(14)13-8(2)7(12)6(11)5(4)10/h1H2,(H,13,14). The zero-order valence-corrected chi connectivity index (χ0v) is 9.65. The number of carbonyl (C=O) groups is 1. The van der Waals surface area contributed by atoms with Crippen molar-refractivity contribution in [2.75, 3.05) is 5.32 Å². The van der Waals surface area contributed by atoms with E-state index in [9.17, 15) is 4.79 Å². The largest absolute Gasteiger partial charge is 0.324 e. The highest BCUT2D eigenvalue weighted by Gasteiger charge is 2.27. The van der Waals surface area contributed by atoms with Crippen molar-refractivity contribution in [3.05, 3.63) is 25.7 Å². The van der Waals surface area contributed by atoms with Gasteiger partial charge in [0.25, 0.3) is 0 Å². The molecule has 2 rings (SSSR count). The van der Waals surface area contributed by atoms with E-state index >= 15 is 0 Å². The molecule has 0 unspecified atom stereocenters. The Morgan fingerprint density at radius 1 is 0.929 bits per heavy atom. The van der Waals surface area contributed by atoms with Gasteiger partial charge in [0.05, 0.1) is 32.2 Å². The normalized spacial score (nSPS) is 14.1. The Hall–Kier alpha value is -0.150. The first-order chi connectivity index (χ1) is 6.52. The third-order valence-electron chi connectivity index (χ3n) is 1.97. The molecule has 74 valence electrons. The van der Waals surface area contributed by atoms with Gasteiger partial charge < -0.3 is 5.32 Å². The summed E-state index contributed by atoms with van der Waals surface area (Å²) in [5, 5.41) is 3.46. The molecule has 0 saturated heterocycles. The molecule has 14 heavy (non-hydrogen) atoms. The van der Waals surface area contributed by atoms with Crippen molar-refractivity contribution in [1.82, 2.24) is 0 Å². The highest BCUT2D eigenvalue weighted by Crippen LogP contribution is 2.46. The molecule has 1 amide bonds. The molecule has 1 aliphatic rings. The molecule has 0 bridgehead atoms. The van der Waals surface area contributed by atoms with Gasteiger partial charge in [0.2, 0.25) is 5.91 Å². The summed E-state index contributed by atoms with van der Waals surface area (Å²) in [5.41, 5.74) is 1.08. The first-order valence-corrected chi connectivity index (χ1v) is 5.18. The molecule has 0 spiro atoms. The van der Waals surface area contributed by atoms with E-state index in [1.165, 1.54) is 0 Å². The van der Waals surface area contributed by atoms with Crippen LogP contribution in [0.25, 0.3) is 0 Å². The van der Waals surface area contributed by atoms with Gasteiger partial charge in [-0.15, -0.1) is 0 Å². The number of fused-ring (bicyclic) bond motifs is 1. The second-order valence-corrected chi connectivity index (χ2v) is 4.35. The average Bonchev–Trinajstić information content (AvgIpc) is 2.54. The van der Waals surface area contributed by atoms with Gasteiger partial charge in [0.15, 0.2) is 0 Å². The molecule has 1 aromatic carbocycles. The van der Waals surface area contributed by atoms with Gasteiger partial charge in [-0.25, -0.2) is 0 Å². The first-order valence-electron chi connectivity index (χ1n) is 3.67. The van der Waals surface area contributed by atoms with E-state index in [1.807, 2.05) is 0 Å². The van der Waals surface area contributed by atoms with Gasteiger partial charge in [0, 0.05) is 5.56 Å². The van der Waals surface area contributed by atoms with E-state index in [2.05, 4.69) is 5.32 Å². The van der Waals surface area contributed by atoms with Gasteiger partial charge in [0.1, 0.15) is 0 Å². The van der Waals surface area contributed by atoms with Gasteiger partial charge in [-0.2, -0.15) is 0 Å². The number of halogens is 4. The fraction of sp³-hybridized carbons (Fsp3) is 0.125. The highest BCUT2D eigenvalue weighted by atomic mass is 35.5. The number of rotatable bonds is 0. The van der Waals surface area contributed by atoms with Crippen LogP contribution in [0, 0.1) is 0 Å². The Morgan fingerprint density at radius 3 is 2.14 bits per heavy atom. The third-order valence-corrected chi connectivity index (χ3v) is 3.81. The molecule has 0 aliphatic carbocycles. The fourth-order valence-electron chi connectivity index (χ4n) is 1.32. The van der Waals surface area contributed by atoms with Crippen LogP contribution in [-0.2, 0) is 11.2 Å². The van der Waals surface area contributed by atoms with Crippen LogP contribution in [-0.4, -0.2) is 5.91 Å². The Bertz CT molecular complexity index is 405. The minimum atomic E-state index is -0.165. The van der Waals surface area contributed by atoms with Crippen LogP contribution in [0.1, 0.15) is 5.56 Å². The number of carbonyl (C=O) groups excluding carboxylic acids is 1. The van der Waals surface area contributed by atoms with E-state index in [0.29, 0.717) is 11.3 Å². The van der Waals surface area contributed by atoms with Crippen LogP contribution < -0.4 is 5.32 Å². The summed E-state index contributed by atoms with van der Waals surface area (Å²) in [5.74, 6) is -0.165. The number of nitrogens with one attached hydrogen (secondary N) is 1. The van der Waals surface area contributed by atoms with Gasteiger partial charge in [-0.3, -0.25) is 4.79 Å². The second kappa shape index (κ2) is 3.46. The van der Waals surface area contributed by atoms with Crippen molar-refractivity contribution in [2.24, 2.45) is 0 Å². The van der Waals surface area contributed by atoms with Crippen molar-refractivity contribution in [3.63, 3.8) is 0 Å². The van der Waals surface area contributed by atoms with E-state index in [0.717, 1.165) is 0 Å². The predicted octanol–water partition coefficient (Wildman–Crippen LogP) is 3.79. The van der Waals surface area contributed by atoms with E-state index < -0.39 is 0 Å². The molecule has 2 nitrogen and oxygen atoms in total. The number of hydrogen-bond donors (Lipinski definition) is 1. The van der Waals surface area contributed by atoms with Crippen LogP contribution in [0.15, 0.2) is 0 Å². The molecule has 0 radical (unpaired) electrons. The molecule has 1 aromatic rings. The molecule has 1 heterocycles. The summed E-state index contributed by atoms with van der Waals surface area (Å²) in [6, 6.07) is 0. The second-order valence-electron chi connectivity index (χ2n) is 2.83. The maximum atomic E-state index is 11.1. The highest BCUT2D eigenvalue weighted by molar-refractivity contribution is 6.53. The lowest BCUT2D eigenvalue weighted by molar-refractivity contribution is -0.115. The molecule has 1 aliphatic heterocycles. The lowest BCUT2D eigenvalue weighted by atomic mass is 10.1. The topological polar surface area (TPSA) is 29.1 Å². The summed E-state index contributed by atoms with van der Waals surface area (Å²) in [4.78, 5) is 11.1. The average molecular weight is 271 g/mol. The van der Waals surface area contributed by atoms with Crippen LogP contribution >= 0.6 is 46.4 Å². The predicted molar refractivity (Wildman–Crippen MR) is 58.8 cm³/mol. The van der Waals surface area contributed by atoms with E-state index in [1.54, 1.807) is 0 Å². The maximum absolute atomic E-state index is 11.1. The zero-order chi connectivity index (χ0) is 10.5. The van der Waals surface area contributed by atoms with Gasteiger partial charge >= 0.3 is 0 Å². The fourth-order valence-corrected chi connectivity index (χ4v) is 2.32. The number of hydrogen-bond acceptors (Lipinski definition) is 1. The molecule has 0 saturated carbocycles. The molecule has 0 aromatic heterocycles. The Morgan fingerprint density at radius 2 is 1.50 bits per heavy atom. The van der Waals surface area contributed by atoms with E-state index in [4.69, 9.17) is 46.4 Å². The van der Waals surface area contributed by atoms with Gasteiger partial charge in [-0.1, -0.05) is 46.4 Å². The SMILES string of the molecule is O=C1Cc2c(Cl)c(Cl)c(Cl)c(Cl)c2N1. The molecular weight excluding hydrogens is 268 g/mol. The summed E-state index contributed by atoms with van der Waals surface area (Å²) < 4.78 is 0. The summed E-state index contributed by atoms with van der Waals surface area (Å²) in [6.45, 7) is 0. The van der Waals surface area contributed by atoms with Crippen LogP contribution in [0.4, 0.5) is 5.69 Å². The Balaban J connectivity index is 2.76. The molecule has 0 atom stereocenters. The minimum Gasteiger partial charge on any atom is -0.324 e. The monoisotopic (exact) mass is 269 g/mol. The summed E-state index contributed by atoms with van der Waals surface area (Å²) in [6.07, 6.45) is 0.185. The number of anilines is 1. The minimum absolute atomic E-state index is 0.165. The van der Waals surface area contributed by atoms with Crippen molar-refractivity contribution in [1.29, 1.82) is 0 Å². The molecule has 6 heteroatoms. The van der Waals surface area contributed by atoms with Crippen molar-refractivity contribution >= 4 is 58.0 Å². The lowest BCUT2D eigenvalue weighted by Crippen LogP contribution is -2.03. The Labute approximate surface area is 100 Å². The van der Waals surface area contributed by atoms with Crippen molar-refractivity contribution in [3.8, 4) is 0 Å². The summed E-state index contributed by atoms with van der Waals surface area (Å²) in [7, 11) is 0. The zero-order valence-electron chi connectivity index (χ0n) is 6.63. The molecule has 1 N–H and O–H groups in total. The van der Waals surface area contributed by atoms with Crippen molar-refractivity contribution in [2.45, 2.75) is 6.42 Å². The first kappa shape index (κ1) is 10.4. The van der Waals surface area contributed by atoms with Crippen LogP contribution in [0.3, 0.4) is 0 Å². The van der Waals surface area contributed by atoms with Crippen molar-refractivity contribution < 1.29 is 4.79 Å². The Kier molecular flexibility index (Phi) is 2.56. The summed E-state index contributed by atoms with van der Waals surface area (Å²) >= 11 is 23.4. The number of amides is 1. The number of benzene rings is 1. The van der Waals surface area contributed by atoms with Crippen LogP contribution in [0.2, 0.25) is 20.1 Å². The van der Waals surface area contributed by atoms with Gasteiger partial charge in [-0.05, 0) is 0 Å².